The molecule has 1 aromatic carbocycles. The van der Waals surface area contributed by atoms with Crippen molar-refractivity contribution in [1.29, 1.82) is 5.26 Å². The van der Waals surface area contributed by atoms with Gasteiger partial charge in [-0.1, -0.05) is 0 Å². The van der Waals surface area contributed by atoms with E-state index in [-0.39, 0.29) is 56.7 Å². The largest absolute Gasteiger partial charge is 0.444 e. The van der Waals surface area contributed by atoms with E-state index in [1.807, 2.05) is 14.1 Å². The number of ether oxygens (including phenoxy) is 2. The van der Waals surface area contributed by atoms with Crippen LogP contribution in [0.2, 0.25) is 0 Å². The van der Waals surface area contributed by atoms with Crippen LogP contribution in [-0.2, 0) is 22.7 Å². The minimum Gasteiger partial charge on any atom is -0.444 e. The summed E-state index contributed by atoms with van der Waals surface area (Å²) < 4.78 is 43.1. The van der Waals surface area contributed by atoms with Gasteiger partial charge in [0.15, 0.2) is 11.6 Å². The van der Waals surface area contributed by atoms with Gasteiger partial charge in [-0.2, -0.15) is 5.26 Å². The van der Waals surface area contributed by atoms with E-state index in [0.717, 1.165) is 49.0 Å². The number of amides is 1. The van der Waals surface area contributed by atoms with Gasteiger partial charge in [-0.05, 0) is 58.8 Å². The lowest BCUT2D eigenvalue weighted by molar-refractivity contribution is 0.0636. The Balaban J connectivity index is 1.54. The summed E-state index contributed by atoms with van der Waals surface area (Å²) >= 11 is 0.866. The fourth-order valence-electron chi connectivity index (χ4n) is 5.85. The number of nitriles is 1. The Bertz CT molecular complexity index is 1810. The normalized spacial score (nSPS) is 16.7. The molecule has 0 unspecified atom stereocenters. The quantitative estimate of drug-likeness (QED) is 0.293. The summed E-state index contributed by atoms with van der Waals surface area (Å²) in [5, 5.41) is 13.4. The predicted octanol–water partition coefficient (Wildman–Crippen LogP) is 5.96. The van der Waals surface area contributed by atoms with Gasteiger partial charge >= 0.3 is 6.09 Å². The Morgan fingerprint density at radius 2 is 2.02 bits per heavy atom. The summed E-state index contributed by atoms with van der Waals surface area (Å²) in [4.78, 5) is 30.4. The van der Waals surface area contributed by atoms with Crippen molar-refractivity contribution in [3.05, 3.63) is 40.7 Å². The minimum atomic E-state index is -0.796. The van der Waals surface area contributed by atoms with Crippen molar-refractivity contribution >= 4 is 49.4 Å². The number of nitrogens with one attached hydrogen (secondary N) is 1. The highest BCUT2D eigenvalue weighted by molar-refractivity contribution is 7.23. The van der Waals surface area contributed by atoms with Crippen molar-refractivity contribution < 1.29 is 23.0 Å². The zero-order valence-electron chi connectivity index (χ0n) is 24.5. The average molecular weight is 608 g/mol. The number of nitrogens with zero attached hydrogens (tertiary/aromatic N) is 6. The van der Waals surface area contributed by atoms with Gasteiger partial charge < -0.3 is 19.3 Å². The van der Waals surface area contributed by atoms with Crippen molar-refractivity contribution in [1.82, 2.24) is 19.9 Å². The third-order valence-electron chi connectivity index (χ3n) is 7.53. The molecular weight excluding hydrogens is 576 g/mol. The first-order valence-corrected chi connectivity index (χ1v) is 14.8. The van der Waals surface area contributed by atoms with Crippen LogP contribution in [0, 0.1) is 23.0 Å². The molecule has 10 nitrogen and oxygen atoms in total. The maximum absolute atomic E-state index is 16.8. The molecule has 13 heteroatoms. The maximum Gasteiger partial charge on any atom is 0.412 e. The van der Waals surface area contributed by atoms with Gasteiger partial charge in [-0.3, -0.25) is 10.3 Å². The van der Waals surface area contributed by atoms with Crippen molar-refractivity contribution in [2.75, 3.05) is 37.4 Å². The molecule has 4 aromatic rings. The van der Waals surface area contributed by atoms with E-state index >= 15 is 8.78 Å². The highest BCUT2D eigenvalue weighted by Gasteiger charge is 2.32. The molecule has 0 radical (unpaired) electrons. The third kappa shape index (κ3) is 5.24. The number of hydrogen-bond acceptors (Lipinski definition) is 10. The monoisotopic (exact) mass is 607 g/mol. The Kier molecular flexibility index (Phi) is 7.40. The summed E-state index contributed by atoms with van der Waals surface area (Å²) in [6, 6.07) is 2.26. The summed E-state index contributed by atoms with van der Waals surface area (Å²) in [6.45, 7) is 7.02. The Labute approximate surface area is 251 Å². The first kappa shape index (κ1) is 29.1. The smallest absolute Gasteiger partial charge is 0.412 e. The van der Waals surface area contributed by atoms with E-state index in [2.05, 4.69) is 31.2 Å². The lowest BCUT2D eigenvalue weighted by Crippen LogP contribution is -2.38. The Hall–Kier alpha value is -3.99. The first-order valence-electron chi connectivity index (χ1n) is 14.0. The maximum atomic E-state index is 16.8. The molecule has 0 spiro atoms. The van der Waals surface area contributed by atoms with Gasteiger partial charge in [-0.25, -0.2) is 23.5 Å². The van der Waals surface area contributed by atoms with E-state index in [9.17, 15) is 10.1 Å². The molecule has 0 saturated carbocycles. The first-order chi connectivity index (χ1) is 20.5. The lowest BCUT2D eigenvalue weighted by Gasteiger charge is -2.27. The molecule has 1 N–H and O–H groups in total. The lowest BCUT2D eigenvalue weighted by atomic mass is 9.94. The van der Waals surface area contributed by atoms with Crippen LogP contribution < -0.4 is 10.2 Å². The molecule has 2 aliphatic heterocycles. The number of halogens is 2. The summed E-state index contributed by atoms with van der Waals surface area (Å²) in [7, 11) is 4.02. The second-order valence-corrected chi connectivity index (χ2v) is 13.0. The van der Waals surface area contributed by atoms with Gasteiger partial charge in [0.25, 0.3) is 0 Å². The number of rotatable bonds is 5. The molecule has 43 heavy (non-hydrogen) atoms. The molecule has 1 saturated heterocycles. The van der Waals surface area contributed by atoms with E-state index in [4.69, 9.17) is 14.5 Å². The van der Waals surface area contributed by atoms with Crippen LogP contribution in [0.15, 0.2) is 12.4 Å². The summed E-state index contributed by atoms with van der Waals surface area (Å²) in [5.41, 5.74) is 0.734. The fourth-order valence-corrected chi connectivity index (χ4v) is 6.89. The molecule has 3 aromatic heterocycles. The second kappa shape index (κ2) is 10.9. The van der Waals surface area contributed by atoms with Crippen LogP contribution >= 0.6 is 11.3 Å². The molecule has 6 rings (SSSR count). The predicted molar refractivity (Wildman–Crippen MR) is 160 cm³/mol. The van der Waals surface area contributed by atoms with E-state index in [0.29, 0.717) is 16.9 Å². The molecule has 1 fully saturated rings. The van der Waals surface area contributed by atoms with E-state index in [1.54, 1.807) is 27.0 Å². The fraction of sp³-hybridized carbons (Fsp3) is 0.433. The number of carbonyl (C=O) groups excluding carboxylic acids is 1. The van der Waals surface area contributed by atoms with Gasteiger partial charge in [0, 0.05) is 41.7 Å². The molecular formula is C30H31F2N7O3S. The standard InChI is InChI=1S/C30H31F2N7O3S/c1-30(2,3)42-29(40)37-27-16(9-33)22-25(34-11-20(31)26(22)43-27)21-19-14-41-13-18(19)17-10-35-28(36-24(17)23(21)32)39-8-6-7-15(39)12-38(4)5/h10-11,15H,6-8,12-14H2,1-5H3,(H,37,40)/t15-/m1/s1. The van der Waals surface area contributed by atoms with Gasteiger partial charge in [0.1, 0.15) is 22.2 Å². The molecule has 0 aliphatic carbocycles. The van der Waals surface area contributed by atoms with Crippen LogP contribution in [0.3, 0.4) is 0 Å². The number of hydrogen-bond donors (Lipinski definition) is 1. The SMILES string of the molecule is CN(C)C[C@H]1CCCN1c1ncc2c3c(c(-c4ncc(F)c5sc(NC(=O)OC(C)(C)C)c(C#N)c45)c(F)c2n1)COC3. The number of benzene rings is 1. The average Bonchev–Trinajstić information content (AvgIpc) is 3.67. The number of anilines is 2. The highest BCUT2D eigenvalue weighted by atomic mass is 32.1. The van der Waals surface area contributed by atoms with E-state index in [1.165, 1.54) is 0 Å². The van der Waals surface area contributed by atoms with Crippen LogP contribution in [0.1, 0.15) is 50.3 Å². The molecule has 5 heterocycles. The van der Waals surface area contributed by atoms with Crippen molar-refractivity contribution in [3.63, 3.8) is 0 Å². The number of aromatic nitrogens is 3. The number of pyridine rings is 1. The van der Waals surface area contributed by atoms with Crippen LogP contribution in [-0.4, -0.2) is 64.8 Å². The van der Waals surface area contributed by atoms with E-state index < -0.39 is 23.3 Å². The molecule has 0 bridgehead atoms. The number of thiophene rings is 1. The van der Waals surface area contributed by atoms with Crippen LogP contribution in [0.25, 0.3) is 32.2 Å². The highest BCUT2D eigenvalue weighted by Crippen LogP contribution is 2.46. The van der Waals surface area contributed by atoms with Crippen molar-refractivity contribution in [2.24, 2.45) is 0 Å². The number of fused-ring (bicyclic) bond motifs is 4. The zero-order chi connectivity index (χ0) is 30.6. The van der Waals surface area contributed by atoms with Gasteiger partial charge in [0.05, 0.1) is 35.4 Å². The van der Waals surface area contributed by atoms with Gasteiger partial charge in [-0.15, -0.1) is 11.3 Å². The van der Waals surface area contributed by atoms with Crippen molar-refractivity contribution in [3.8, 4) is 17.3 Å². The molecule has 1 atom stereocenters. The molecule has 224 valence electrons. The molecule has 2 aliphatic rings. The molecule has 1 amide bonds. The number of likely N-dealkylation sites (N-methyl/N-ethyl adjacent to an activating group) is 1. The Morgan fingerprint density at radius 1 is 1.26 bits per heavy atom. The van der Waals surface area contributed by atoms with Gasteiger partial charge in [0.2, 0.25) is 5.95 Å². The number of carbonyl (C=O) groups is 1. The van der Waals surface area contributed by atoms with Crippen LogP contribution in [0.4, 0.5) is 24.5 Å². The van der Waals surface area contributed by atoms with Crippen LogP contribution in [0.5, 0.6) is 0 Å². The third-order valence-corrected chi connectivity index (χ3v) is 8.64. The Morgan fingerprint density at radius 3 is 2.74 bits per heavy atom. The summed E-state index contributed by atoms with van der Waals surface area (Å²) in [5.74, 6) is -0.907. The topological polar surface area (TPSA) is 116 Å². The summed E-state index contributed by atoms with van der Waals surface area (Å²) in [6.07, 6.45) is 3.82. The minimum absolute atomic E-state index is 0.0352. The van der Waals surface area contributed by atoms with Crippen molar-refractivity contribution in [2.45, 2.75) is 58.5 Å². The second-order valence-electron chi connectivity index (χ2n) is 12.0. The zero-order valence-corrected chi connectivity index (χ0v) is 25.4.